The fourth-order valence-electron chi connectivity index (χ4n) is 1.52. The van der Waals surface area contributed by atoms with Gasteiger partial charge in [-0.3, -0.25) is 14.8 Å². The molecule has 2 N–H and O–H groups in total. The Labute approximate surface area is 95.7 Å². The fraction of sp³-hybridized carbons (Fsp3) is 0.417. The van der Waals surface area contributed by atoms with E-state index < -0.39 is 5.91 Å². The molecule has 0 aromatic heterocycles. The second-order valence-electron chi connectivity index (χ2n) is 3.41. The molecule has 86 valence electrons. The summed E-state index contributed by atoms with van der Waals surface area (Å²) in [5.74, 6) is -0.521. The average molecular weight is 219 g/mol. The lowest BCUT2D eigenvalue weighted by Gasteiger charge is -2.22. The molecule has 2 aliphatic rings. The first-order valence-electron chi connectivity index (χ1n) is 5.44. The Hall–Kier alpha value is -1.71. The number of primary amides is 1. The van der Waals surface area contributed by atoms with Crippen LogP contribution in [0.4, 0.5) is 0 Å². The van der Waals surface area contributed by atoms with Crippen LogP contribution in [0.1, 0.15) is 20.8 Å². The Balaban J connectivity index is 0.000000606. The predicted octanol–water partition coefficient (Wildman–Crippen LogP) is 1.28. The van der Waals surface area contributed by atoms with Gasteiger partial charge in [-0.25, -0.2) is 0 Å². The highest BCUT2D eigenvalue weighted by Crippen LogP contribution is 2.18. The number of carbonyl (C=O) groups is 1. The number of fused-ring (bicyclic) bond motifs is 1. The van der Waals surface area contributed by atoms with Crippen LogP contribution in [0, 0.1) is 0 Å². The SMILES string of the molecule is CC.CC1=CC2N=C(C(N)=O)C=NC2C=C1. The van der Waals surface area contributed by atoms with Crippen molar-refractivity contribution in [3.05, 3.63) is 23.8 Å². The van der Waals surface area contributed by atoms with E-state index in [1.165, 1.54) is 6.21 Å². The molecular formula is C12H17N3O. The van der Waals surface area contributed by atoms with Gasteiger partial charge in [-0.2, -0.15) is 0 Å². The van der Waals surface area contributed by atoms with Crippen LogP contribution in [0.5, 0.6) is 0 Å². The maximum absolute atomic E-state index is 10.9. The fourth-order valence-corrected chi connectivity index (χ4v) is 1.52. The Morgan fingerprint density at radius 2 is 2.06 bits per heavy atom. The Morgan fingerprint density at radius 3 is 2.69 bits per heavy atom. The zero-order valence-corrected chi connectivity index (χ0v) is 9.84. The summed E-state index contributed by atoms with van der Waals surface area (Å²) in [6.45, 7) is 5.99. The van der Waals surface area contributed by atoms with E-state index in [0.717, 1.165) is 5.57 Å². The molecule has 0 spiro atoms. The van der Waals surface area contributed by atoms with E-state index in [0.29, 0.717) is 0 Å². The molecule has 0 saturated heterocycles. The molecule has 1 heterocycles. The maximum Gasteiger partial charge on any atom is 0.268 e. The van der Waals surface area contributed by atoms with E-state index in [1.807, 2.05) is 39.0 Å². The quantitative estimate of drug-likeness (QED) is 0.709. The molecule has 0 fully saturated rings. The molecule has 2 unspecified atom stereocenters. The number of nitrogens with two attached hydrogens (primary N) is 1. The predicted molar refractivity (Wildman–Crippen MR) is 66.9 cm³/mol. The Morgan fingerprint density at radius 1 is 1.38 bits per heavy atom. The van der Waals surface area contributed by atoms with Gasteiger partial charge in [-0.05, 0) is 6.92 Å². The minimum absolute atomic E-state index is 0.0294. The smallest absolute Gasteiger partial charge is 0.268 e. The topological polar surface area (TPSA) is 67.8 Å². The third kappa shape index (κ3) is 2.66. The van der Waals surface area contributed by atoms with Crippen molar-refractivity contribution in [2.45, 2.75) is 32.9 Å². The second-order valence-corrected chi connectivity index (χ2v) is 3.41. The number of hydrogen-bond acceptors (Lipinski definition) is 3. The molecule has 4 nitrogen and oxygen atoms in total. The molecule has 2 rings (SSSR count). The first kappa shape index (κ1) is 12.4. The summed E-state index contributed by atoms with van der Waals surface area (Å²) < 4.78 is 0. The normalized spacial score (nSPS) is 25.9. The van der Waals surface area contributed by atoms with Gasteiger partial charge in [0.05, 0.1) is 18.3 Å². The first-order chi connectivity index (χ1) is 7.66. The number of hydrogen-bond donors (Lipinski definition) is 1. The van der Waals surface area contributed by atoms with Crippen LogP contribution in [0.25, 0.3) is 0 Å². The molecule has 16 heavy (non-hydrogen) atoms. The zero-order chi connectivity index (χ0) is 12.1. The summed E-state index contributed by atoms with van der Waals surface area (Å²) in [5, 5.41) is 0. The van der Waals surface area contributed by atoms with Gasteiger partial charge in [0.1, 0.15) is 5.71 Å². The number of amides is 1. The van der Waals surface area contributed by atoms with E-state index in [9.17, 15) is 4.79 Å². The first-order valence-corrected chi connectivity index (χ1v) is 5.44. The molecule has 1 amide bonds. The highest BCUT2D eigenvalue weighted by molar-refractivity contribution is 6.60. The van der Waals surface area contributed by atoms with Crippen LogP contribution in [0.3, 0.4) is 0 Å². The van der Waals surface area contributed by atoms with Crippen LogP contribution in [-0.2, 0) is 4.79 Å². The number of rotatable bonds is 1. The summed E-state index contributed by atoms with van der Waals surface area (Å²) in [5.41, 5.74) is 6.51. The molecule has 0 aromatic rings. The molecule has 0 radical (unpaired) electrons. The van der Waals surface area contributed by atoms with Crippen molar-refractivity contribution in [2.24, 2.45) is 15.7 Å². The molecule has 0 aromatic carbocycles. The van der Waals surface area contributed by atoms with Crippen molar-refractivity contribution in [2.75, 3.05) is 0 Å². The number of nitrogens with zero attached hydrogens (tertiary/aromatic N) is 2. The lowest BCUT2D eigenvalue weighted by molar-refractivity contribution is -0.111. The third-order valence-electron chi connectivity index (χ3n) is 2.25. The van der Waals surface area contributed by atoms with Crippen LogP contribution in [0.2, 0.25) is 0 Å². The highest BCUT2D eigenvalue weighted by Gasteiger charge is 2.23. The van der Waals surface area contributed by atoms with Gasteiger partial charge in [0.2, 0.25) is 0 Å². The van der Waals surface area contributed by atoms with E-state index in [2.05, 4.69) is 9.98 Å². The van der Waals surface area contributed by atoms with Crippen molar-refractivity contribution in [1.82, 2.24) is 0 Å². The van der Waals surface area contributed by atoms with Gasteiger partial charge in [-0.1, -0.05) is 37.6 Å². The summed E-state index contributed by atoms with van der Waals surface area (Å²) in [6.07, 6.45) is 7.42. The van der Waals surface area contributed by atoms with Crippen molar-refractivity contribution in [3.8, 4) is 0 Å². The van der Waals surface area contributed by atoms with Crippen LogP contribution >= 0.6 is 0 Å². The summed E-state index contributed by atoms with van der Waals surface area (Å²) in [4.78, 5) is 19.3. The molecular weight excluding hydrogens is 202 g/mol. The zero-order valence-electron chi connectivity index (χ0n) is 9.84. The molecule has 0 saturated carbocycles. The highest BCUT2D eigenvalue weighted by atomic mass is 16.1. The number of aliphatic imine (C=N–C) groups is 2. The minimum Gasteiger partial charge on any atom is -0.364 e. The summed E-state index contributed by atoms with van der Waals surface area (Å²) in [7, 11) is 0. The van der Waals surface area contributed by atoms with Gasteiger partial charge in [-0.15, -0.1) is 0 Å². The summed E-state index contributed by atoms with van der Waals surface area (Å²) in [6, 6.07) is -0.0331. The minimum atomic E-state index is -0.521. The van der Waals surface area contributed by atoms with Gasteiger partial charge in [0, 0.05) is 0 Å². The standard InChI is InChI=1S/C10H11N3O.C2H6/c1-6-2-3-7-8(4-6)13-9(5-12-7)10(11)14;1-2/h2-5,7-8H,1H3,(H2,11,14);1-2H3. The Bertz CT molecular complexity index is 391. The van der Waals surface area contributed by atoms with Crippen LogP contribution in [-0.4, -0.2) is 29.9 Å². The lowest BCUT2D eigenvalue weighted by atomic mass is 9.98. The van der Waals surface area contributed by atoms with Gasteiger partial charge in [0.25, 0.3) is 5.91 Å². The van der Waals surface area contributed by atoms with E-state index in [4.69, 9.17) is 5.73 Å². The van der Waals surface area contributed by atoms with E-state index in [-0.39, 0.29) is 17.8 Å². The second kappa shape index (κ2) is 5.39. The Kier molecular flexibility index (Phi) is 4.17. The van der Waals surface area contributed by atoms with Crippen molar-refractivity contribution < 1.29 is 4.79 Å². The molecule has 1 aliphatic heterocycles. The number of allylic oxidation sites excluding steroid dienone is 2. The van der Waals surface area contributed by atoms with Crippen molar-refractivity contribution in [1.29, 1.82) is 0 Å². The van der Waals surface area contributed by atoms with E-state index >= 15 is 0 Å². The third-order valence-corrected chi connectivity index (χ3v) is 2.25. The number of carbonyl (C=O) groups excluding carboxylic acids is 1. The van der Waals surface area contributed by atoms with Gasteiger partial charge < -0.3 is 5.73 Å². The monoisotopic (exact) mass is 219 g/mol. The molecule has 1 aliphatic carbocycles. The van der Waals surface area contributed by atoms with Crippen molar-refractivity contribution in [3.63, 3.8) is 0 Å². The molecule has 2 atom stereocenters. The largest absolute Gasteiger partial charge is 0.364 e. The van der Waals surface area contributed by atoms with Crippen molar-refractivity contribution >= 4 is 17.8 Å². The molecule has 4 heteroatoms. The average Bonchev–Trinajstić information content (AvgIpc) is 2.30. The van der Waals surface area contributed by atoms with Gasteiger partial charge in [0.15, 0.2) is 0 Å². The lowest BCUT2D eigenvalue weighted by Crippen LogP contribution is -2.34. The molecule has 0 bridgehead atoms. The van der Waals surface area contributed by atoms with Gasteiger partial charge >= 0.3 is 0 Å². The van der Waals surface area contributed by atoms with Crippen LogP contribution in [0.15, 0.2) is 33.8 Å². The maximum atomic E-state index is 10.9. The van der Waals surface area contributed by atoms with E-state index in [1.54, 1.807) is 0 Å². The summed E-state index contributed by atoms with van der Waals surface area (Å²) >= 11 is 0. The van der Waals surface area contributed by atoms with Crippen LogP contribution < -0.4 is 5.73 Å².